The largest absolute Gasteiger partial charge is 0.506 e. The number of hydrogen-bond acceptors (Lipinski definition) is 7. The van der Waals surface area contributed by atoms with E-state index in [0.29, 0.717) is 26.6 Å². The second kappa shape index (κ2) is 8.05. The van der Waals surface area contributed by atoms with Crippen LogP contribution in [0.25, 0.3) is 10.8 Å². The summed E-state index contributed by atoms with van der Waals surface area (Å²) in [5.41, 5.74) is 1.47. The molecule has 2 N–H and O–H groups in total. The van der Waals surface area contributed by atoms with E-state index in [9.17, 15) is 13.5 Å². The molecule has 0 amide bonds. The highest BCUT2D eigenvalue weighted by molar-refractivity contribution is 8.39. The minimum absolute atomic E-state index is 0.126. The van der Waals surface area contributed by atoms with Gasteiger partial charge in [0.25, 0.3) is 10.0 Å². The van der Waals surface area contributed by atoms with Crippen LogP contribution in [0.4, 0.5) is 5.69 Å². The second-order valence-corrected chi connectivity index (χ2v) is 12.8. The number of hydrogen-bond donors (Lipinski definition) is 2. The number of benzene rings is 2. The van der Waals surface area contributed by atoms with E-state index < -0.39 is 10.0 Å². The van der Waals surface area contributed by atoms with Crippen LogP contribution < -0.4 is 4.72 Å². The fourth-order valence-electron chi connectivity index (χ4n) is 3.46. The monoisotopic (exact) mass is 486 g/mol. The summed E-state index contributed by atoms with van der Waals surface area (Å²) in [7, 11) is -3.73. The maximum atomic E-state index is 13.0. The van der Waals surface area contributed by atoms with Gasteiger partial charge >= 0.3 is 0 Å². The molecule has 1 aliphatic carbocycles. The Morgan fingerprint density at radius 2 is 2.00 bits per heavy atom. The number of allylic oxidation sites excluding steroid dienone is 3. The Morgan fingerprint density at radius 1 is 1.19 bits per heavy atom. The van der Waals surface area contributed by atoms with Gasteiger partial charge in [-0.3, -0.25) is 4.72 Å². The van der Waals surface area contributed by atoms with Crippen LogP contribution in [0.15, 0.2) is 80.5 Å². The lowest BCUT2D eigenvalue weighted by atomic mass is 10.1. The summed E-state index contributed by atoms with van der Waals surface area (Å²) in [6, 6.07) is 12.3. The molecule has 0 spiro atoms. The molecule has 0 saturated carbocycles. The lowest BCUT2D eigenvalue weighted by Crippen LogP contribution is -2.12. The number of aromatic hydroxyl groups is 1. The van der Waals surface area contributed by atoms with E-state index in [4.69, 9.17) is 0 Å². The fourth-order valence-corrected chi connectivity index (χ4v) is 8.20. The van der Waals surface area contributed by atoms with Crippen molar-refractivity contribution in [1.82, 2.24) is 0 Å². The van der Waals surface area contributed by atoms with E-state index in [1.165, 1.54) is 23.1 Å². The first-order valence-electron chi connectivity index (χ1n) is 9.54. The van der Waals surface area contributed by atoms with E-state index in [-0.39, 0.29) is 9.96 Å². The number of aryl methyl sites for hydroxylation is 1. The molecular weight excluding hydrogens is 469 g/mol. The zero-order chi connectivity index (χ0) is 21.6. The van der Waals surface area contributed by atoms with Crippen LogP contribution in [0.3, 0.4) is 0 Å². The van der Waals surface area contributed by atoms with Crippen molar-refractivity contribution in [2.75, 3.05) is 4.72 Å². The molecule has 2 heterocycles. The number of nitrogens with one attached hydrogen (secondary N) is 1. The maximum absolute atomic E-state index is 13.0. The van der Waals surface area contributed by atoms with E-state index in [1.54, 1.807) is 42.1 Å². The first-order chi connectivity index (χ1) is 14.9. The molecule has 158 valence electrons. The van der Waals surface area contributed by atoms with Crippen LogP contribution in [0.1, 0.15) is 11.3 Å². The third-order valence-electron chi connectivity index (χ3n) is 4.95. The number of nitrogens with zero attached hydrogens (tertiary/aromatic N) is 1. The van der Waals surface area contributed by atoms with Gasteiger partial charge in [-0.05, 0) is 37.6 Å². The van der Waals surface area contributed by atoms with Crippen molar-refractivity contribution in [2.24, 2.45) is 4.99 Å². The molecule has 0 bridgehead atoms. The van der Waals surface area contributed by atoms with Crippen LogP contribution in [0, 0.1) is 6.92 Å². The summed E-state index contributed by atoms with van der Waals surface area (Å²) >= 11 is 4.25. The zero-order valence-corrected chi connectivity index (χ0v) is 19.7. The molecule has 1 aromatic heterocycles. The summed E-state index contributed by atoms with van der Waals surface area (Å²) in [5, 5.41) is 12.5. The summed E-state index contributed by atoms with van der Waals surface area (Å²) in [5.74, 6) is 0.126. The van der Waals surface area contributed by atoms with Gasteiger partial charge in [-0.15, -0.1) is 11.3 Å². The van der Waals surface area contributed by atoms with Gasteiger partial charge in [-0.2, -0.15) is 0 Å². The Labute approximate surface area is 193 Å². The van der Waals surface area contributed by atoms with Gasteiger partial charge in [0.1, 0.15) is 14.3 Å². The second-order valence-electron chi connectivity index (χ2n) is 7.13. The third-order valence-corrected chi connectivity index (χ3v) is 10.2. The first kappa shape index (κ1) is 20.7. The van der Waals surface area contributed by atoms with Crippen molar-refractivity contribution >= 4 is 65.7 Å². The lowest BCUT2D eigenvalue weighted by Gasteiger charge is -2.14. The van der Waals surface area contributed by atoms with Crippen LogP contribution in [-0.4, -0.2) is 23.2 Å². The Hall–Kier alpha value is -2.20. The van der Waals surface area contributed by atoms with Gasteiger partial charge in [0.2, 0.25) is 0 Å². The maximum Gasteiger partial charge on any atom is 0.271 e. The smallest absolute Gasteiger partial charge is 0.271 e. The SMILES string of the molecule is Cc1ccc(S(=O)(=O)Nc2cc(SC3=NC4=CC=CCC4S3)c(O)c3ccccc23)s1. The van der Waals surface area contributed by atoms with Crippen LogP contribution in [-0.2, 0) is 10.0 Å². The van der Waals surface area contributed by atoms with Gasteiger partial charge in [0.15, 0.2) is 0 Å². The van der Waals surface area contributed by atoms with Crippen molar-refractivity contribution < 1.29 is 13.5 Å². The molecule has 1 unspecified atom stereocenters. The Bertz CT molecular complexity index is 1390. The molecule has 0 radical (unpaired) electrons. The predicted octanol–water partition coefficient (Wildman–Crippen LogP) is 6.12. The molecule has 5 nitrogen and oxygen atoms in total. The van der Waals surface area contributed by atoms with Crippen molar-refractivity contribution in [1.29, 1.82) is 0 Å². The van der Waals surface area contributed by atoms with Crippen molar-refractivity contribution in [2.45, 2.75) is 27.7 Å². The van der Waals surface area contributed by atoms with Crippen LogP contribution in [0.5, 0.6) is 5.75 Å². The molecule has 9 heteroatoms. The van der Waals surface area contributed by atoms with E-state index in [0.717, 1.165) is 21.4 Å². The standard InChI is InChI=1S/C22H18N2O3S4/c1-13-10-11-20(28-13)31(26,27)24-17-12-19(21(25)15-7-3-2-6-14(15)17)30-22-23-16-8-4-5-9-18(16)29-22/h2-8,10-12,18,24-25H,9H2,1H3. The van der Waals surface area contributed by atoms with Gasteiger partial charge in [-0.25, -0.2) is 13.4 Å². The number of anilines is 1. The third kappa shape index (κ3) is 4.03. The molecule has 5 rings (SSSR count). The highest BCUT2D eigenvalue weighted by Crippen LogP contribution is 2.46. The number of thiophene rings is 1. The number of phenols is 1. The lowest BCUT2D eigenvalue weighted by molar-refractivity contribution is 0.469. The Morgan fingerprint density at radius 3 is 2.74 bits per heavy atom. The molecule has 2 aliphatic rings. The molecule has 3 aromatic rings. The number of phenolic OH excluding ortho intramolecular Hbond substituents is 1. The van der Waals surface area contributed by atoms with Gasteiger partial charge in [0.05, 0.1) is 21.5 Å². The Kier molecular flexibility index (Phi) is 5.37. The number of fused-ring (bicyclic) bond motifs is 2. The number of sulfonamides is 1. The fraction of sp³-hybridized carbons (Fsp3) is 0.136. The van der Waals surface area contributed by atoms with Crippen molar-refractivity contribution in [3.63, 3.8) is 0 Å². The average Bonchev–Trinajstić information content (AvgIpc) is 3.37. The molecular formula is C22H18N2O3S4. The van der Waals surface area contributed by atoms with Crippen LogP contribution >= 0.6 is 34.9 Å². The molecule has 0 saturated heterocycles. The van der Waals surface area contributed by atoms with Crippen molar-refractivity contribution in [3.05, 3.63) is 71.3 Å². The Balaban J connectivity index is 1.54. The van der Waals surface area contributed by atoms with Gasteiger partial charge < -0.3 is 5.11 Å². The zero-order valence-electron chi connectivity index (χ0n) is 16.4. The molecule has 31 heavy (non-hydrogen) atoms. The number of aliphatic imine (C=N–C) groups is 1. The molecule has 0 fully saturated rings. The first-order valence-corrected chi connectivity index (χ1v) is 13.5. The predicted molar refractivity (Wildman–Crippen MR) is 132 cm³/mol. The van der Waals surface area contributed by atoms with Crippen molar-refractivity contribution in [3.8, 4) is 5.75 Å². The topological polar surface area (TPSA) is 78.8 Å². The quantitative estimate of drug-likeness (QED) is 0.434. The normalized spacial score (nSPS) is 18.0. The number of rotatable bonds is 4. The molecule has 2 aromatic carbocycles. The average molecular weight is 487 g/mol. The highest BCUT2D eigenvalue weighted by atomic mass is 32.2. The summed E-state index contributed by atoms with van der Waals surface area (Å²) < 4.78 is 29.7. The van der Waals surface area contributed by atoms with Crippen LogP contribution in [0.2, 0.25) is 0 Å². The summed E-state index contributed by atoms with van der Waals surface area (Å²) in [6.45, 7) is 1.87. The molecule has 1 aliphatic heterocycles. The highest BCUT2D eigenvalue weighted by Gasteiger charge is 2.27. The van der Waals surface area contributed by atoms with E-state index in [1.807, 2.05) is 31.2 Å². The van der Waals surface area contributed by atoms with Gasteiger partial charge in [0, 0.05) is 15.6 Å². The minimum atomic E-state index is -3.73. The van der Waals surface area contributed by atoms with E-state index in [2.05, 4.69) is 15.8 Å². The molecule has 1 atom stereocenters. The number of thioether (sulfide) groups is 2. The minimum Gasteiger partial charge on any atom is -0.506 e. The summed E-state index contributed by atoms with van der Waals surface area (Å²) in [4.78, 5) is 6.18. The van der Waals surface area contributed by atoms with Gasteiger partial charge in [-0.1, -0.05) is 59.9 Å². The van der Waals surface area contributed by atoms with E-state index >= 15 is 0 Å². The summed E-state index contributed by atoms with van der Waals surface area (Å²) in [6.07, 6.45) is 7.07.